The summed E-state index contributed by atoms with van der Waals surface area (Å²) in [7, 11) is 0. The topological polar surface area (TPSA) is 32.8 Å². The van der Waals surface area contributed by atoms with Crippen LogP contribution in [0.1, 0.15) is 0 Å². The maximum atomic E-state index is 7.26. The van der Waals surface area contributed by atoms with Gasteiger partial charge in [0.2, 0.25) is 0 Å². The van der Waals surface area contributed by atoms with Gasteiger partial charge in [0.25, 0.3) is 0 Å². The van der Waals surface area contributed by atoms with Crippen LogP contribution in [-0.4, -0.2) is 0 Å². The maximum absolute atomic E-state index is 7.26. The Morgan fingerprint density at radius 2 is 0.630 bits per heavy atom. The van der Waals surface area contributed by atoms with E-state index in [1.54, 1.807) is 0 Å². The van der Waals surface area contributed by atoms with Gasteiger partial charge in [0.1, 0.15) is 16.7 Å². The Kier molecular flexibility index (Phi) is 11.6. The summed E-state index contributed by atoms with van der Waals surface area (Å²) in [6.45, 7) is 0. The average molecular weight is 1170 g/mol. The normalized spacial score (nSPS) is 11.9. The number of benzene rings is 17. The molecule has 0 N–H and O–H groups in total. The number of hydrogen-bond donors (Lipinski definition) is 0. The molecule has 0 spiro atoms. The lowest BCUT2D eigenvalue weighted by Crippen LogP contribution is -2.12. The molecule has 0 aliphatic heterocycles. The molecule has 0 aliphatic rings. The summed E-state index contributed by atoms with van der Waals surface area (Å²) in [6.07, 6.45) is 0. The molecule has 0 aliphatic carbocycles. The van der Waals surface area contributed by atoms with Crippen LogP contribution >= 0.6 is 0 Å². The smallest absolute Gasteiger partial charge is 0.160 e. The lowest BCUT2D eigenvalue weighted by atomic mass is 9.87. The van der Waals surface area contributed by atoms with Crippen LogP contribution in [0.4, 0.5) is 34.1 Å². The quantitative estimate of drug-likeness (QED) is 0.135. The highest BCUT2D eigenvalue weighted by molar-refractivity contribution is 6.32. The predicted octanol–water partition coefficient (Wildman–Crippen LogP) is 25.5. The van der Waals surface area contributed by atoms with E-state index in [1.165, 1.54) is 38.2 Å². The minimum Gasteiger partial charge on any atom is -0.456 e. The van der Waals surface area contributed by atoms with Gasteiger partial charge in [-0.15, -0.1) is 0 Å². The predicted molar refractivity (Wildman–Crippen MR) is 389 cm³/mol. The molecule has 0 amide bonds. The van der Waals surface area contributed by atoms with E-state index in [1.807, 2.05) is 0 Å². The van der Waals surface area contributed by atoms with Crippen molar-refractivity contribution in [1.82, 2.24) is 0 Å². The second-order valence-electron chi connectivity index (χ2n) is 24.1. The molecule has 2 aromatic heterocycles. The van der Waals surface area contributed by atoms with Crippen molar-refractivity contribution in [2.75, 3.05) is 9.80 Å². The Bertz CT molecular complexity index is 6130. The van der Waals surface area contributed by atoms with Crippen LogP contribution in [0.2, 0.25) is 0 Å². The van der Waals surface area contributed by atoms with Gasteiger partial charge in [0, 0.05) is 60.5 Å². The summed E-state index contributed by atoms with van der Waals surface area (Å²) in [5.74, 6) is 0. The molecule has 0 saturated carbocycles. The first kappa shape index (κ1) is 51.8. The average Bonchev–Trinajstić information content (AvgIpc) is 1.27. The zero-order valence-electron chi connectivity index (χ0n) is 49.9. The molecule has 428 valence electrons. The fourth-order valence-electron chi connectivity index (χ4n) is 15.1. The molecule has 4 heteroatoms. The first-order chi connectivity index (χ1) is 45.7. The van der Waals surface area contributed by atoms with Crippen LogP contribution in [0.15, 0.2) is 336 Å². The van der Waals surface area contributed by atoms with Crippen molar-refractivity contribution in [3.8, 4) is 33.4 Å². The molecule has 0 fully saturated rings. The Labute approximate surface area is 529 Å². The minimum atomic E-state index is 0.836. The van der Waals surface area contributed by atoms with E-state index in [2.05, 4.69) is 337 Å². The monoisotopic (exact) mass is 1170 g/mol. The van der Waals surface area contributed by atoms with E-state index < -0.39 is 0 Å². The fraction of sp³-hybridized carbons (Fsp3) is 0. The summed E-state index contributed by atoms with van der Waals surface area (Å²) >= 11 is 0. The molecule has 17 aromatic carbocycles. The Balaban J connectivity index is 0.865. The zero-order chi connectivity index (χ0) is 60.4. The van der Waals surface area contributed by atoms with E-state index in [0.29, 0.717) is 0 Å². The number of rotatable bonds is 9. The molecule has 0 bridgehead atoms. The highest BCUT2D eigenvalue weighted by Crippen LogP contribution is 2.55. The van der Waals surface area contributed by atoms with E-state index >= 15 is 0 Å². The summed E-state index contributed by atoms with van der Waals surface area (Å²) in [6, 6.07) is 119. The Morgan fingerprint density at radius 3 is 1.21 bits per heavy atom. The standard InChI is InChI=1S/C88H54N2O2/c1-3-21-55(22-4-1)57-39-45-62(46-40-57)89(78-53-61-27-9-12-30-66(61)86-84-65-29-11-8-26-60(65)44-52-80(84)92-88(78)86)76-50-49-73(67-31-13-14-32-68(67)76)82-71-35-17-19-37-74(71)87(75-38-20-18-36-72(75)82)90(63-47-41-58(42-48-63)56-23-5-2-6-24-56)77-54-81-85(70-34-16-15-33-69(70)77)83-64-28-10-7-25-59(64)43-51-79(83)91-81/h1-54H. The molecular formula is C88H54N2O2. The van der Waals surface area contributed by atoms with Gasteiger partial charge in [0.05, 0.1) is 22.7 Å². The molecule has 4 nitrogen and oxygen atoms in total. The lowest BCUT2D eigenvalue weighted by molar-refractivity contribution is 0.669. The van der Waals surface area contributed by atoms with Crippen molar-refractivity contribution in [3.05, 3.63) is 328 Å². The lowest BCUT2D eigenvalue weighted by Gasteiger charge is -2.31. The van der Waals surface area contributed by atoms with Gasteiger partial charge in [-0.1, -0.05) is 273 Å². The first-order valence-electron chi connectivity index (χ1n) is 31.6. The number of nitrogens with zero attached hydrogens (tertiary/aromatic N) is 2. The van der Waals surface area contributed by atoms with Crippen LogP contribution in [0.3, 0.4) is 0 Å². The third-order valence-corrected chi connectivity index (χ3v) is 19.2. The van der Waals surface area contributed by atoms with Gasteiger partial charge in [0.15, 0.2) is 5.58 Å². The number of hydrogen-bond acceptors (Lipinski definition) is 4. The van der Waals surface area contributed by atoms with Crippen molar-refractivity contribution in [1.29, 1.82) is 0 Å². The summed E-state index contributed by atoms with van der Waals surface area (Å²) in [4.78, 5) is 4.94. The number of anilines is 6. The van der Waals surface area contributed by atoms with E-state index in [4.69, 9.17) is 8.83 Å². The molecule has 19 rings (SSSR count). The van der Waals surface area contributed by atoms with Crippen molar-refractivity contribution < 1.29 is 8.83 Å². The molecule has 0 atom stereocenters. The van der Waals surface area contributed by atoms with Crippen LogP contribution in [0.5, 0.6) is 0 Å². The Hall–Kier alpha value is -12.2. The minimum absolute atomic E-state index is 0.836. The van der Waals surface area contributed by atoms with Crippen LogP contribution in [0, 0.1) is 0 Å². The van der Waals surface area contributed by atoms with Crippen molar-refractivity contribution >= 4 is 153 Å². The number of furan rings is 2. The molecule has 92 heavy (non-hydrogen) atoms. The van der Waals surface area contributed by atoms with Gasteiger partial charge in [-0.3, -0.25) is 0 Å². The van der Waals surface area contributed by atoms with E-state index in [0.717, 1.165) is 149 Å². The summed E-state index contributed by atoms with van der Waals surface area (Å²) in [5.41, 5.74) is 16.5. The van der Waals surface area contributed by atoms with Gasteiger partial charge in [-0.25, -0.2) is 0 Å². The van der Waals surface area contributed by atoms with Crippen molar-refractivity contribution in [2.45, 2.75) is 0 Å². The van der Waals surface area contributed by atoms with Crippen LogP contribution < -0.4 is 9.80 Å². The summed E-state index contributed by atoms with van der Waals surface area (Å²) in [5, 5.41) is 20.5. The molecule has 0 radical (unpaired) electrons. The van der Waals surface area contributed by atoms with Gasteiger partial charge < -0.3 is 18.6 Å². The highest BCUT2D eigenvalue weighted by Gasteiger charge is 2.29. The van der Waals surface area contributed by atoms with Crippen molar-refractivity contribution in [3.63, 3.8) is 0 Å². The van der Waals surface area contributed by atoms with Crippen LogP contribution in [0.25, 0.3) is 153 Å². The van der Waals surface area contributed by atoms with Crippen molar-refractivity contribution in [2.24, 2.45) is 0 Å². The molecule has 19 aromatic rings. The zero-order valence-corrected chi connectivity index (χ0v) is 49.9. The highest BCUT2D eigenvalue weighted by atomic mass is 16.3. The SMILES string of the molecule is c1ccc(-c2ccc(N(c3c4ccccc4c(-c4ccc(N(c5ccc(-c6ccccc6)cc5)c5cc6ccccc6c6c5oc5ccc7ccccc7c56)c5ccccc45)c4ccccc34)c3cc4oc5ccc6ccccc6c5c4c4ccccc34)cc2)cc1. The fourth-order valence-corrected chi connectivity index (χ4v) is 15.1. The second kappa shape index (κ2) is 20.7. The van der Waals surface area contributed by atoms with Crippen LogP contribution in [-0.2, 0) is 0 Å². The first-order valence-corrected chi connectivity index (χ1v) is 31.6. The van der Waals surface area contributed by atoms with E-state index in [9.17, 15) is 0 Å². The molecule has 2 heterocycles. The summed E-state index contributed by atoms with van der Waals surface area (Å²) < 4.78 is 14.3. The van der Waals surface area contributed by atoms with E-state index in [-0.39, 0.29) is 0 Å². The third kappa shape index (κ3) is 7.97. The largest absolute Gasteiger partial charge is 0.456 e. The molecule has 0 unspecified atom stereocenters. The number of fused-ring (bicyclic) bond motifs is 17. The second-order valence-corrected chi connectivity index (χ2v) is 24.1. The van der Waals surface area contributed by atoms with Gasteiger partial charge in [-0.2, -0.15) is 0 Å². The molecule has 0 saturated heterocycles. The molecular weight excluding hydrogens is 1120 g/mol. The third-order valence-electron chi connectivity index (χ3n) is 19.2. The maximum Gasteiger partial charge on any atom is 0.160 e. The Morgan fingerprint density at radius 1 is 0.217 bits per heavy atom. The van der Waals surface area contributed by atoms with Gasteiger partial charge in [-0.05, 0) is 136 Å². The van der Waals surface area contributed by atoms with Gasteiger partial charge >= 0.3 is 0 Å².